The third-order valence-electron chi connectivity index (χ3n) is 1.75. The first-order valence-electron chi connectivity index (χ1n) is 4.22. The molecule has 0 saturated carbocycles. The number of hydrogen-bond donors (Lipinski definition) is 2. The maximum Gasteiger partial charge on any atom is 0.263 e. The number of nitrogen functional groups attached to an aromatic ring is 1. The summed E-state index contributed by atoms with van der Waals surface area (Å²) in [4.78, 5) is 3.71. The minimum absolute atomic E-state index is 0.0166. The highest BCUT2D eigenvalue weighted by atomic mass is 32.2. The number of pyridine rings is 1. The van der Waals surface area contributed by atoms with Gasteiger partial charge in [-0.1, -0.05) is 5.16 Å². The quantitative estimate of drug-likeness (QED) is 0.805. The average Bonchev–Trinajstić information content (AvgIpc) is 2.70. The van der Waals surface area contributed by atoms with Crippen molar-refractivity contribution in [3.63, 3.8) is 0 Å². The second-order valence-electron chi connectivity index (χ2n) is 2.94. The molecule has 7 nitrogen and oxygen atoms in total. The van der Waals surface area contributed by atoms with E-state index in [2.05, 4.69) is 19.4 Å². The molecule has 84 valence electrons. The summed E-state index contributed by atoms with van der Waals surface area (Å²) in [5.74, 6) is 0.254. The van der Waals surface area contributed by atoms with Crippen LogP contribution >= 0.6 is 0 Å². The fourth-order valence-electron chi connectivity index (χ4n) is 1.02. The maximum absolute atomic E-state index is 11.7. The van der Waals surface area contributed by atoms with Crippen LogP contribution < -0.4 is 10.5 Å². The molecule has 3 N–H and O–H groups in total. The lowest BCUT2D eigenvalue weighted by Gasteiger charge is -2.04. The van der Waals surface area contributed by atoms with E-state index in [1.54, 1.807) is 0 Å². The van der Waals surface area contributed by atoms with Crippen LogP contribution in [-0.2, 0) is 10.0 Å². The Bertz CT molecular complexity index is 562. The molecular formula is C8H8N4O3S. The third-order valence-corrected chi connectivity index (χ3v) is 3.12. The largest absolute Gasteiger partial charge is 0.384 e. The van der Waals surface area contributed by atoms with Crippen molar-refractivity contribution >= 4 is 21.5 Å². The molecule has 16 heavy (non-hydrogen) atoms. The van der Waals surface area contributed by atoms with Gasteiger partial charge in [0.25, 0.3) is 10.0 Å². The molecule has 8 heteroatoms. The van der Waals surface area contributed by atoms with Crippen LogP contribution in [0.4, 0.5) is 11.5 Å². The molecule has 0 saturated heterocycles. The first kappa shape index (κ1) is 10.4. The van der Waals surface area contributed by atoms with Gasteiger partial charge in [0.2, 0.25) is 0 Å². The lowest BCUT2D eigenvalue weighted by molar-refractivity contribution is 0.420. The summed E-state index contributed by atoms with van der Waals surface area (Å²) < 4.78 is 30.3. The van der Waals surface area contributed by atoms with E-state index in [0.717, 1.165) is 0 Å². The Labute approximate surface area is 91.3 Å². The molecule has 2 heterocycles. The van der Waals surface area contributed by atoms with Crippen LogP contribution in [0.15, 0.2) is 40.2 Å². The zero-order valence-corrected chi connectivity index (χ0v) is 8.81. The minimum atomic E-state index is -3.67. The van der Waals surface area contributed by atoms with Crippen molar-refractivity contribution in [2.75, 3.05) is 10.5 Å². The van der Waals surface area contributed by atoms with Crippen molar-refractivity contribution in [2.45, 2.75) is 4.90 Å². The highest BCUT2D eigenvalue weighted by Crippen LogP contribution is 2.14. The summed E-state index contributed by atoms with van der Waals surface area (Å²) in [6.07, 6.45) is 3.61. The van der Waals surface area contributed by atoms with Crippen LogP contribution in [0.3, 0.4) is 0 Å². The maximum atomic E-state index is 11.7. The summed E-state index contributed by atoms with van der Waals surface area (Å²) in [5, 5.41) is 3.38. The predicted molar refractivity (Wildman–Crippen MR) is 56.0 cm³/mol. The lowest BCUT2D eigenvalue weighted by Crippen LogP contribution is -2.12. The van der Waals surface area contributed by atoms with E-state index in [9.17, 15) is 8.42 Å². The van der Waals surface area contributed by atoms with Crippen LogP contribution in [0.1, 0.15) is 0 Å². The van der Waals surface area contributed by atoms with E-state index in [-0.39, 0.29) is 16.4 Å². The average molecular weight is 240 g/mol. The number of rotatable bonds is 3. The van der Waals surface area contributed by atoms with E-state index in [1.807, 2.05) is 0 Å². The molecule has 2 aromatic rings. The van der Waals surface area contributed by atoms with Gasteiger partial charge in [-0.3, -0.25) is 4.72 Å². The second kappa shape index (κ2) is 3.81. The number of nitrogens with one attached hydrogen (secondary N) is 1. The van der Waals surface area contributed by atoms with Crippen LogP contribution in [0.25, 0.3) is 0 Å². The molecule has 2 aromatic heterocycles. The van der Waals surface area contributed by atoms with Crippen LogP contribution in [-0.4, -0.2) is 18.6 Å². The molecule has 0 atom stereocenters. The molecular weight excluding hydrogens is 232 g/mol. The zero-order valence-electron chi connectivity index (χ0n) is 7.99. The second-order valence-corrected chi connectivity index (χ2v) is 4.62. The zero-order chi connectivity index (χ0) is 11.6. The Morgan fingerprint density at radius 1 is 1.31 bits per heavy atom. The predicted octanol–water partition coefficient (Wildman–Crippen LogP) is 0.453. The van der Waals surface area contributed by atoms with Gasteiger partial charge in [-0.2, -0.15) is 0 Å². The first-order chi connectivity index (χ1) is 7.58. The lowest BCUT2D eigenvalue weighted by atomic mass is 10.5. The Balaban J connectivity index is 2.29. The van der Waals surface area contributed by atoms with E-state index >= 15 is 0 Å². The van der Waals surface area contributed by atoms with E-state index in [0.29, 0.717) is 0 Å². The number of anilines is 2. The Kier molecular flexibility index (Phi) is 2.49. The van der Waals surface area contributed by atoms with Crippen molar-refractivity contribution in [2.24, 2.45) is 0 Å². The Hall–Kier alpha value is -2.09. The van der Waals surface area contributed by atoms with Gasteiger partial charge in [0.1, 0.15) is 22.7 Å². The fourth-order valence-corrected chi connectivity index (χ4v) is 1.99. The SMILES string of the molecule is Nc1ccc(S(=O)(=O)Nc2cnoc2)cn1. The third kappa shape index (κ3) is 2.11. The molecule has 0 fully saturated rings. The highest BCUT2D eigenvalue weighted by Gasteiger charge is 2.15. The summed E-state index contributed by atoms with van der Waals surface area (Å²) in [7, 11) is -3.67. The number of sulfonamides is 1. The monoisotopic (exact) mass is 240 g/mol. The van der Waals surface area contributed by atoms with Crippen molar-refractivity contribution < 1.29 is 12.9 Å². The van der Waals surface area contributed by atoms with E-state index < -0.39 is 10.0 Å². The molecule has 0 radical (unpaired) electrons. The normalized spacial score (nSPS) is 11.2. The topological polar surface area (TPSA) is 111 Å². The Morgan fingerprint density at radius 3 is 2.69 bits per heavy atom. The minimum Gasteiger partial charge on any atom is -0.384 e. The van der Waals surface area contributed by atoms with Crippen molar-refractivity contribution in [3.8, 4) is 0 Å². The van der Waals surface area contributed by atoms with Gasteiger partial charge in [-0.15, -0.1) is 0 Å². The van der Waals surface area contributed by atoms with Gasteiger partial charge in [0, 0.05) is 6.20 Å². The molecule has 2 rings (SSSR count). The standard InChI is InChI=1S/C8H8N4O3S/c9-8-2-1-7(4-10-8)16(13,14)12-6-3-11-15-5-6/h1-5,12H,(H2,9,10). The molecule has 0 aliphatic carbocycles. The van der Waals surface area contributed by atoms with Crippen molar-refractivity contribution in [1.82, 2.24) is 10.1 Å². The molecule has 0 bridgehead atoms. The highest BCUT2D eigenvalue weighted by molar-refractivity contribution is 7.92. The van der Waals surface area contributed by atoms with Gasteiger partial charge in [-0.05, 0) is 12.1 Å². The van der Waals surface area contributed by atoms with Gasteiger partial charge < -0.3 is 10.3 Å². The summed E-state index contributed by atoms with van der Waals surface area (Å²) >= 11 is 0. The molecule has 0 aliphatic rings. The molecule has 0 amide bonds. The summed E-state index contributed by atoms with van der Waals surface area (Å²) in [6, 6.07) is 2.76. The summed E-state index contributed by atoms with van der Waals surface area (Å²) in [5.41, 5.74) is 5.60. The van der Waals surface area contributed by atoms with Crippen LogP contribution in [0.5, 0.6) is 0 Å². The Morgan fingerprint density at radius 2 is 2.12 bits per heavy atom. The van der Waals surface area contributed by atoms with E-state index in [1.165, 1.54) is 30.8 Å². The van der Waals surface area contributed by atoms with Gasteiger partial charge in [0.15, 0.2) is 0 Å². The van der Waals surface area contributed by atoms with Crippen LogP contribution in [0.2, 0.25) is 0 Å². The summed E-state index contributed by atoms with van der Waals surface area (Å²) in [6.45, 7) is 0. The molecule has 0 aliphatic heterocycles. The number of hydrogen-bond acceptors (Lipinski definition) is 6. The van der Waals surface area contributed by atoms with Crippen molar-refractivity contribution in [1.29, 1.82) is 0 Å². The van der Waals surface area contributed by atoms with Gasteiger partial charge in [0.05, 0.1) is 6.20 Å². The smallest absolute Gasteiger partial charge is 0.263 e. The first-order valence-corrected chi connectivity index (χ1v) is 5.70. The number of nitrogens with zero attached hydrogens (tertiary/aromatic N) is 2. The number of nitrogens with two attached hydrogens (primary N) is 1. The number of aromatic nitrogens is 2. The fraction of sp³-hybridized carbons (Fsp3) is 0. The van der Waals surface area contributed by atoms with Gasteiger partial charge >= 0.3 is 0 Å². The van der Waals surface area contributed by atoms with Crippen LogP contribution in [0, 0.1) is 0 Å². The van der Waals surface area contributed by atoms with Gasteiger partial charge in [-0.25, -0.2) is 13.4 Å². The van der Waals surface area contributed by atoms with Crippen molar-refractivity contribution in [3.05, 3.63) is 30.8 Å². The molecule has 0 aromatic carbocycles. The van der Waals surface area contributed by atoms with E-state index in [4.69, 9.17) is 5.73 Å². The molecule has 0 unspecified atom stereocenters. The molecule has 0 spiro atoms.